The molecule has 0 amide bonds. The lowest BCUT2D eigenvalue weighted by atomic mass is 10.2. The van der Waals surface area contributed by atoms with Gasteiger partial charge in [0.15, 0.2) is 12.4 Å². The van der Waals surface area contributed by atoms with E-state index in [4.69, 9.17) is 4.74 Å². The molecule has 0 aliphatic rings. The first-order valence-electron chi connectivity index (χ1n) is 4.50. The first kappa shape index (κ1) is 12.0. The Morgan fingerprint density at radius 2 is 2.19 bits per heavy atom. The van der Waals surface area contributed by atoms with E-state index < -0.39 is 10.9 Å². The molecule has 0 heterocycles. The average Bonchev–Trinajstić information content (AvgIpc) is 2.25. The molecule has 0 aliphatic carbocycles. The van der Waals surface area contributed by atoms with Gasteiger partial charge in [-0.1, -0.05) is 12.1 Å². The Labute approximate surface area is 91.9 Å². The second kappa shape index (κ2) is 5.11. The molecule has 0 radical (unpaired) electrons. The van der Waals surface area contributed by atoms with Crippen LogP contribution in [0, 0.1) is 17.0 Å². The molecular formula is C10H11NO5. The zero-order valence-corrected chi connectivity index (χ0v) is 8.93. The summed E-state index contributed by atoms with van der Waals surface area (Å²) in [5.74, 6) is -0.522. The van der Waals surface area contributed by atoms with Crippen molar-refractivity contribution in [1.29, 1.82) is 0 Å². The SMILES string of the molecule is COC(=O)COc1cccc(C)c1[N+](=O)[O-]. The predicted molar refractivity (Wildman–Crippen MR) is 55.3 cm³/mol. The summed E-state index contributed by atoms with van der Waals surface area (Å²) in [5, 5.41) is 10.8. The normalized spacial score (nSPS) is 9.62. The van der Waals surface area contributed by atoms with E-state index in [0.29, 0.717) is 5.56 Å². The summed E-state index contributed by atoms with van der Waals surface area (Å²) in [6.45, 7) is 1.25. The van der Waals surface area contributed by atoms with Gasteiger partial charge in [0.2, 0.25) is 0 Å². The summed E-state index contributed by atoms with van der Waals surface area (Å²) < 4.78 is 9.38. The van der Waals surface area contributed by atoms with E-state index in [0.717, 1.165) is 0 Å². The third kappa shape index (κ3) is 2.69. The van der Waals surface area contributed by atoms with Crippen molar-refractivity contribution >= 4 is 11.7 Å². The van der Waals surface area contributed by atoms with Crippen molar-refractivity contribution < 1.29 is 19.2 Å². The number of para-hydroxylation sites is 1. The lowest BCUT2D eigenvalue weighted by Gasteiger charge is -2.06. The number of ether oxygens (including phenoxy) is 2. The molecule has 0 fully saturated rings. The molecule has 0 aliphatic heterocycles. The summed E-state index contributed by atoms with van der Waals surface area (Å²) in [5.41, 5.74) is 0.346. The van der Waals surface area contributed by atoms with Crippen LogP contribution in [0.5, 0.6) is 5.75 Å². The van der Waals surface area contributed by atoms with E-state index in [-0.39, 0.29) is 18.0 Å². The maximum absolute atomic E-state index is 10.8. The van der Waals surface area contributed by atoms with Gasteiger partial charge in [0.1, 0.15) is 0 Å². The van der Waals surface area contributed by atoms with Crippen molar-refractivity contribution in [2.24, 2.45) is 0 Å². The quantitative estimate of drug-likeness (QED) is 0.440. The van der Waals surface area contributed by atoms with Crippen molar-refractivity contribution in [1.82, 2.24) is 0 Å². The number of esters is 1. The smallest absolute Gasteiger partial charge is 0.343 e. The molecule has 0 bridgehead atoms. The van der Waals surface area contributed by atoms with Crippen LogP contribution >= 0.6 is 0 Å². The molecule has 0 saturated carbocycles. The summed E-state index contributed by atoms with van der Waals surface area (Å²) in [4.78, 5) is 21.1. The Morgan fingerprint density at radius 1 is 1.50 bits per heavy atom. The number of carbonyl (C=O) groups is 1. The number of nitrogens with zero attached hydrogens (tertiary/aromatic N) is 1. The Balaban J connectivity index is 2.91. The highest BCUT2D eigenvalue weighted by atomic mass is 16.6. The fourth-order valence-electron chi connectivity index (χ4n) is 1.18. The average molecular weight is 225 g/mol. The van der Waals surface area contributed by atoms with Crippen molar-refractivity contribution in [2.75, 3.05) is 13.7 Å². The molecule has 0 N–H and O–H groups in total. The van der Waals surface area contributed by atoms with Gasteiger partial charge in [0.25, 0.3) is 0 Å². The minimum atomic E-state index is -0.587. The fourth-order valence-corrected chi connectivity index (χ4v) is 1.18. The van der Waals surface area contributed by atoms with Crippen molar-refractivity contribution in [3.8, 4) is 5.75 Å². The van der Waals surface area contributed by atoms with Gasteiger partial charge in [-0.15, -0.1) is 0 Å². The highest BCUT2D eigenvalue weighted by Gasteiger charge is 2.18. The van der Waals surface area contributed by atoms with Gasteiger partial charge < -0.3 is 9.47 Å². The first-order chi connectivity index (χ1) is 7.56. The number of hydrogen-bond acceptors (Lipinski definition) is 5. The van der Waals surface area contributed by atoms with Crippen LogP contribution in [0.1, 0.15) is 5.56 Å². The van der Waals surface area contributed by atoms with Crippen LogP contribution in [0.2, 0.25) is 0 Å². The standard InChI is InChI=1S/C10H11NO5/c1-7-4-3-5-8(10(7)11(13)14)16-6-9(12)15-2/h3-5H,6H2,1-2H3. The van der Waals surface area contributed by atoms with E-state index in [9.17, 15) is 14.9 Å². The van der Waals surface area contributed by atoms with E-state index in [2.05, 4.69) is 4.74 Å². The molecule has 1 aromatic carbocycles. The minimum absolute atomic E-state index is 0.0652. The second-order valence-corrected chi connectivity index (χ2v) is 3.04. The Hall–Kier alpha value is -2.11. The second-order valence-electron chi connectivity index (χ2n) is 3.04. The third-order valence-electron chi connectivity index (χ3n) is 1.96. The van der Waals surface area contributed by atoms with Crippen LogP contribution in [0.3, 0.4) is 0 Å². The number of carbonyl (C=O) groups excluding carboxylic acids is 1. The molecule has 6 heteroatoms. The summed E-state index contributed by atoms with van der Waals surface area (Å²) in [6.07, 6.45) is 0. The topological polar surface area (TPSA) is 78.7 Å². The van der Waals surface area contributed by atoms with Crippen LogP contribution in [0.4, 0.5) is 5.69 Å². The van der Waals surface area contributed by atoms with Crippen molar-refractivity contribution in [2.45, 2.75) is 6.92 Å². The number of hydrogen-bond donors (Lipinski definition) is 0. The van der Waals surface area contributed by atoms with Gasteiger partial charge in [-0.3, -0.25) is 10.1 Å². The number of aryl methyl sites for hydroxylation is 1. The Morgan fingerprint density at radius 3 is 2.75 bits per heavy atom. The van der Waals surface area contributed by atoms with E-state index in [1.165, 1.54) is 13.2 Å². The molecule has 1 aromatic rings. The highest BCUT2D eigenvalue weighted by molar-refractivity contribution is 5.71. The Bertz CT molecular complexity index is 416. The minimum Gasteiger partial charge on any atom is -0.475 e. The van der Waals surface area contributed by atoms with E-state index in [1.807, 2.05) is 0 Å². The van der Waals surface area contributed by atoms with Crippen LogP contribution in [0.25, 0.3) is 0 Å². The molecule has 0 atom stereocenters. The maximum atomic E-state index is 10.8. The fraction of sp³-hybridized carbons (Fsp3) is 0.300. The van der Waals surface area contributed by atoms with Gasteiger partial charge in [-0.2, -0.15) is 0 Å². The Kier molecular flexibility index (Phi) is 3.82. The number of benzene rings is 1. The van der Waals surface area contributed by atoms with Gasteiger partial charge in [-0.05, 0) is 13.0 Å². The molecule has 0 spiro atoms. The molecule has 86 valence electrons. The molecule has 16 heavy (non-hydrogen) atoms. The summed E-state index contributed by atoms with van der Waals surface area (Å²) >= 11 is 0. The van der Waals surface area contributed by atoms with Gasteiger partial charge in [-0.25, -0.2) is 4.79 Å². The van der Waals surface area contributed by atoms with Crippen LogP contribution in [-0.4, -0.2) is 24.6 Å². The van der Waals surface area contributed by atoms with Crippen molar-refractivity contribution in [3.63, 3.8) is 0 Å². The largest absolute Gasteiger partial charge is 0.475 e. The van der Waals surface area contributed by atoms with Gasteiger partial charge >= 0.3 is 11.7 Å². The molecule has 0 aromatic heterocycles. The van der Waals surface area contributed by atoms with E-state index >= 15 is 0 Å². The van der Waals surface area contributed by atoms with E-state index in [1.54, 1.807) is 19.1 Å². The molecule has 0 saturated heterocycles. The maximum Gasteiger partial charge on any atom is 0.343 e. The number of nitro benzene ring substituents is 1. The van der Waals surface area contributed by atoms with Crippen LogP contribution < -0.4 is 4.74 Å². The number of rotatable bonds is 4. The van der Waals surface area contributed by atoms with Crippen LogP contribution in [0.15, 0.2) is 18.2 Å². The molecule has 6 nitrogen and oxygen atoms in total. The van der Waals surface area contributed by atoms with Crippen LogP contribution in [-0.2, 0) is 9.53 Å². The number of nitro groups is 1. The predicted octanol–water partition coefficient (Wildman–Crippen LogP) is 1.46. The monoisotopic (exact) mass is 225 g/mol. The lowest BCUT2D eigenvalue weighted by Crippen LogP contribution is -2.13. The molecular weight excluding hydrogens is 214 g/mol. The zero-order chi connectivity index (χ0) is 12.1. The molecule has 0 unspecified atom stereocenters. The zero-order valence-electron chi connectivity index (χ0n) is 8.93. The number of methoxy groups -OCH3 is 1. The van der Waals surface area contributed by atoms with Gasteiger partial charge in [0.05, 0.1) is 12.0 Å². The third-order valence-corrected chi connectivity index (χ3v) is 1.96. The highest BCUT2D eigenvalue weighted by Crippen LogP contribution is 2.29. The lowest BCUT2D eigenvalue weighted by molar-refractivity contribution is -0.386. The summed E-state index contributed by atoms with van der Waals surface area (Å²) in [7, 11) is 1.22. The molecule has 1 rings (SSSR count). The first-order valence-corrected chi connectivity index (χ1v) is 4.50. The van der Waals surface area contributed by atoms with Crippen molar-refractivity contribution in [3.05, 3.63) is 33.9 Å². The van der Waals surface area contributed by atoms with Gasteiger partial charge in [0, 0.05) is 5.56 Å². The summed E-state index contributed by atoms with van der Waals surface area (Å²) in [6, 6.07) is 4.66.